The van der Waals surface area contributed by atoms with Gasteiger partial charge in [0, 0.05) is 0 Å². The third-order valence-electron chi connectivity index (χ3n) is 2.83. The van der Waals surface area contributed by atoms with E-state index in [1.807, 2.05) is 0 Å². The summed E-state index contributed by atoms with van der Waals surface area (Å²) in [5.74, 6) is -13.7. The van der Waals surface area contributed by atoms with Gasteiger partial charge in [-0.15, -0.1) is 0 Å². The van der Waals surface area contributed by atoms with Crippen LogP contribution in [-0.2, 0) is 14.3 Å². The lowest BCUT2D eigenvalue weighted by atomic mass is 9.85. The second kappa shape index (κ2) is 4.48. The van der Waals surface area contributed by atoms with Crippen molar-refractivity contribution in [2.24, 2.45) is 4.99 Å². The number of nitrogens with zero attached hydrogens (tertiary/aromatic N) is 1. The lowest BCUT2D eigenvalue weighted by Gasteiger charge is -2.39. The number of methoxy groups -OCH3 is 1. The second-order valence-electron chi connectivity index (χ2n) is 4.05. The molecule has 1 aliphatic heterocycles. The Morgan fingerprint density at radius 1 is 1.25 bits per heavy atom. The Morgan fingerprint density at radius 2 is 1.75 bits per heavy atom. The van der Waals surface area contributed by atoms with Crippen LogP contribution in [0, 0.1) is 0 Å². The first-order valence-corrected chi connectivity index (χ1v) is 4.92. The van der Waals surface area contributed by atoms with Crippen LogP contribution in [0.1, 0.15) is 6.92 Å². The van der Waals surface area contributed by atoms with E-state index in [2.05, 4.69) is 14.5 Å². The largest absolute Gasteiger partial charge is 0.468 e. The van der Waals surface area contributed by atoms with Gasteiger partial charge < -0.3 is 9.47 Å². The van der Waals surface area contributed by atoms with Gasteiger partial charge in [-0.05, 0) is 6.92 Å². The molecule has 0 aromatic carbocycles. The predicted molar refractivity (Wildman–Crippen MR) is 49.7 cm³/mol. The van der Waals surface area contributed by atoms with E-state index in [0.717, 1.165) is 7.11 Å². The van der Waals surface area contributed by atoms with Gasteiger partial charge >= 0.3 is 24.0 Å². The minimum atomic E-state index is -6.54. The van der Waals surface area contributed by atoms with Crippen LogP contribution in [0.2, 0.25) is 0 Å². The Kier molecular flexibility index (Phi) is 3.70. The van der Waals surface area contributed by atoms with Crippen molar-refractivity contribution in [1.29, 1.82) is 0 Å². The average Bonchev–Trinajstić information content (AvgIpc) is 2.70. The summed E-state index contributed by atoms with van der Waals surface area (Å²) in [7, 11) is 0.733. The van der Waals surface area contributed by atoms with Crippen molar-refractivity contribution in [3.63, 3.8) is 0 Å². The summed E-state index contributed by atoms with van der Waals surface area (Å²) >= 11 is 0. The minimum absolute atomic E-state index is 0.210. The van der Waals surface area contributed by atoms with Gasteiger partial charge in [-0.3, -0.25) is 0 Å². The zero-order chi connectivity index (χ0) is 16.0. The van der Waals surface area contributed by atoms with E-state index >= 15 is 0 Å². The van der Waals surface area contributed by atoms with E-state index in [9.17, 15) is 35.5 Å². The van der Waals surface area contributed by atoms with Crippen LogP contribution in [0.3, 0.4) is 0 Å². The van der Waals surface area contributed by atoms with Gasteiger partial charge in [0.05, 0.1) is 7.11 Å². The fourth-order valence-corrected chi connectivity index (χ4v) is 1.54. The molecule has 0 saturated carbocycles. The standard InChI is InChI=1S/C9H8F7NO3/c1-6(4(5(18)19-2)17-3-20-6)7(10,11)8(12,13)9(14,15)16/h3-4H,1-2H3/t4-,6+/m1/s1. The molecule has 0 aromatic rings. The van der Waals surface area contributed by atoms with E-state index in [4.69, 9.17) is 0 Å². The van der Waals surface area contributed by atoms with Crippen molar-refractivity contribution in [2.75, 3.05) is 7.11 Å². The number of esters is 1. The zero-order valence-corrected chi connectivity index (χ0v) is 9.97. The van der Waals surface area contributed by atoms with Crippen LogP contribution < -0.4 is 0 Å². The molecule has 11 heteroatoms. The van der Waals surface area contributed by atoms with E-state index in [1.54, 1.807) is 0 Å². The summed E-state index contributed by atoms with van der Waals surface area (Å²) in [6.07, 6.45) is -6.33. The van der Waals surface area contributed by atoms with E-state index in [-0.39, 0.29) is 13.3 Å². The molecule has 1 aliphatic rings. The van der Waals surface area contributed by atoms with Crippen LogP contribution in [0.5, 0.6) is 0 Å². The fourth-order valence-electron chi connectivity index (χ4n) is 1.54. The number of carbonyl (C=O) groups excluding carboxylic acids is 1. The quantitative estimate of drug-likeness (QED) is 0.593. The summed E-state index contributed by atoms with van der Waals surface area (Å²) in [5, 5.41) is 0. The zero-order valence-electron chi connectivity index (χ0n) is 9.97. The predicted octanol–water partition coefficient (Wildman–Crippen LogP) is 2.18. The first kappa shape index (κ1) is 16.5. The summed E-state index contributed by atoms with van der Waals surface area (Å²) < 4.78 is 97.8. The molecule has 0 fully saturated rings. The summed E-state index contributed by atoms with van der Waals surface area (Å²) in [6, 6.07) is -2.35. The Labute approximate surface area is 107 Å². The molecule has 4 nitrogen and oxygen atoms in total. The number of aliphatic imine (C=N–C) groups is 1. The van der Waals surface area contributed by atoms with Gasteiger partial charge in [-0.2, -0.15) is 30.7 Å². The monoisotopic (exact) mass is 311 g/mol. The normalized spacial score (nSPS) is 27.4. The van der Waals surface area contributed by atoms with Crippen LogP contribution in [0.15, 0.2) is 4.99 Å². The molecule has 0 amide bonds. The third-order valence-corrected chi connectivity index (χ3v) is 2.83. The van der Waals surface area contributed by atoms with Crippen molar-refractivity contribution in [1.82, 2.24) is 0 Å². The Morgan fingerprint density at radius 3 is 2.15 bits per heavy atom. The van der Waals surface area contributed by atoms with Crippen molar-refractivity contribution in [2.45, 2.75) is 36.6 Å². The van der Waals surface area contributed by atoms with Crippen molar-refractivity contribution in [3.05, 3.63) is 0 Å². The van der Waals surface area contributed by atoms with Crippen LogP contribution in [0.25, 0.3) is 0 Å². The number of carbonyl (C=O) groups is 1. The molecule has 0 saturated heterocycles. The highest BCUT2D eigenvalue weighted by Crippen LogP contribution is 2.54. The molecule has 116 valence electrons. The maximum Gasteiger partial charge on any atom is 0.460 e. The highest BCUT2D eigenvalue weighted by molar-refractivity contribution is 5.81. The summed E-state index contributed by atoms with van der Waals surface area (Å²) in [4.78, 5) is 14.2. The van der Waals surface area contributed by atoms with Crippen molar-refractivity contribution < 1.29 is 45.0 Å². The molecule has 0 bridgehead atoms. The van der Waals surface area contributed by atoms with Crippen molar-refractivity contribution >= 4 is 12.4 Å². The minimum Gasteiger partial charge on any atom is -0.468 e. The van der Waals surface area contributed by atoms with Crippen LogP contribution in [-0.4, -0.2) is 49.1 Å². The van der Waals surface area contributed by atoms with Gasteiger partial charge in [-0.1, -0.05) is 0 Å². The molecule has 1 rings (SSSR count). The molecule has 0 spiro atoms. The SMILES string of the molecule is COC(=O)[C@H]1N=CO[C@]1(C)C(F)(F)C(F)(F)C(F)(F)F. The third kappa shape index (κ3) is 1.99. The number of halogens is 7. The maximum absolute atomic E-state index is 13.7. The summed E-state index contributed by atoms with van der Waals surface area (Å²) in [6.45, 7) is 0.223. The first-order valence-electron chi connectivity index (χ1n) is 4.92. The van der Waals surface area contributed by atoms with Crippen LogP contribution in [0.4, 0.5) is 30.7 Å². The van der Waals surface area contributed by atoms with Crippen molar-refractivity contribution in [3.8, 4) is 0 Å². The Bertz CT molecular complexity index is 434. The van der Waals surface area contributed by atoms with Gasteiger partial charge in [0.25, 0.3) is 0 Å². The molecule has 0 unspecified atom stereocenters. The molecule has 1 heterocycles. The molecule has 0 N–H and O–H groups in total. The number of rotatable bonds is 3. The van der Waals surface area contributed by atoms with Gasteiger partial charge in [-0.25, -0.2) is 9.79 Å². The highest BCUT2D eigenvalue weighted by Gasteiger charge is 2.82. The number of ether oxygens (including phenoxy) is 2. The number of hydrogen-bond acceptors (Lipinski definition) is 4. The van der Waals surface area contributed by atoms with E-state index in [0.29, 0.717) is 0 Å². The summed E-state index contributed by atoms with van der Waals surface area (Å²) in [5.41, 5.74) is -3.53. The lowest BCUT2D eigenvalue weighted by Crippen LogP contribution is -2.67. The van der Waals surface area contributed by atoms with Crippen LogP contribution >= 0.6 is 0 Å². The smallest absolute Gasteiger partial charge is 0.460 e. The first-order chi connectivity index (χ1) is 8.83. The molecular weight excluding hydrogens is 303 g/mol. The molecule has 0 aromatic heterocycles. The fraction of sp³-hybridized carbons (Fsp3) is 0.778. The van der Waals surface area contributed by atoms with Gasteiger partial charge in [0.1, 0.15) is 0 Å². The topological polar surface area (TPSA) is 47.9 Å². The lowest BCUT2D eigenvalue weighted by molar-refractivity contribution is -0.383. The Balaban J connectivity index is 3.30. The molecule has 0 aliphatic carbocycles. The second-order valence-corrected chi connectivity index (χ2v) is 4.05. The molecule has 2 atom stereocenters. The number of hydrogen-bond donors (Lipinski definition) is 0. The van der Waals surface area contributed by atoms with E-state index < -0.39 is 35.6 Å². The maximum atomic E-state index is 13.7. The average molecular weight is 311 g/mol. The number of alkyl halides is 7. The molecule has 0 radical (unpaired) electrons. The van der Waals surface area contributed by atoms with Gasteiger partial charge in [0.15, 0.2) is 12.4 Å². The van der Waals surface area contributed by atoms with Gasteiger partial charge in [0.2, 0.25) is 5.60 Å². The Hall–Kier alpha value is -1.55. The van der Waals surface area contributed by atoms with E-state index in [1.165, 1.54) is 0 Å². The molecule has 20 heavy (non-hydrogen) atoms. The molecular formula is C9H8F7NO3. The highest BCUT2D eigenvalue weighted by atomic mass is 19.4.